The van der Waals surface area contributed by atoms with Gasteiger partial charge in [0.25, 0.3) is 0 Å². The Labute approximate surface area is 174 Å². The van der Waals surface area contributed by atoms with Crippen LogP contribution in [-0.2, 0) is 6.42 Å². The third-order valence-electron chi connectivity index (χ3n) is 4.88. The monoisotopic (exact) mass is 405 g/mol. The molecule has 29 heavy (non-hydrogen) atoms. The maximum absolute atomic E-state index is 15.6. The van der Waals surface area contributed by atoms with Gasteiger partial charge in [0.15, 0.2) is 0 Å². The molecule has 4 aromatic rings. The molecule has 0 saturated carbocycles. The van der Waals surface area contributed by atoms with E-state index in [1.54, 1.807) is 35.7 Å². The van der Waals surface area contributed by atoms with Gasteiger partial charge in [0.2, 0.25) is 0 Å². The molecule has 2 aromatic carbocycles. The van der Waals surface area contributed by atoms with Crippen LogP contribution in [0.5, 0.6) is 5.75 Å². The summed E-state index contributed by atoms with van der Waals surface area (Å²) in [5, 5.41) is 11.6. The first-order valence-electron chi connectivity index (χ1n) is 9.69. The van der Waals surface area contributed by atoms with Crippen molar-refractivity contribution in [3.05, 3.63) is 71.0 Å². The van der Waals surface area contributed by atoms with Gasteiger partial charge in [-0.1, -0.05) is 32.9 Å². The van der Waals surface area contributed by atoms with Gasteiger partial charge in [-0.15, -0.1) is 11.3 Å². The molecule has 0 aliphatic heterocycles. The zero-order chi connectivity index (χ0) is 20.8. The van der Waals surface area contributed by atoms with E-state index in [0.29, 0.717) is 22.4 Å². The van der Waals surface area contributed by atoms with Crippen LogP contribution in [0.2, 0.25) is 0 Å². The molecule has 0 fully saturated rings. The van der Waals surface area contributed by atoms with Crippen molar-refractivity contribution in [2.45, 2.75) is 34.1 Å². The van der Waals surface area contributed by atoms with Gasteiger partial charge in [-0.05, 0) is 66.1 Å². The highest BCUT2D eigenvalue weighted by atomic mass is 32.1. The predicted octanol–water partition coefficient (Wildman–Crippen LogP) is 7.37. The van der Waals surface area contributed by atoms with Crippen LogP contribution in [0, 0.1) is 18.2 Å². The fraction of sp³-hybridized carbons (Fsp3) is 0.240. The molecule has 0 aliphatic rings. The van der Waals surface area contributed by atoms with E-state index in [9.17, 15) is 5.11 Å². The second-order valence-electron chi connectivity index (χ2n) is 8.72. The second-order valence-corrected chi connectivity index (χ2v) is 10.0. The molecule has 0 saturated heterocycles. The Bertz CT molecular complexity index is 1200. The summed E-state index contributed by atoms with van der Waals surface area (Å²) in [5.74, 6) is -0.278. The van der Waals surface area contributed by atoms with Gasteiger partial charge in [-0.2, -0.15) is 0 Å². The van der Waals surface area contributed by atoms with Gasteiger partial charge in [0, 0.05) is 32.5 Å². The summed E-state index contributed by atoms with van der Waals surface area (Å²) in [4.78, 5) is 5.57. The number of pyridine rings is 1. The van der Waals surface area contributed by atoms with Crippen LogP contribution in [0.25, 0.3) is 32.5 Å². The topological polar surface area (TPSA) is 33.1 Å². The number of aromatic nitrogens is 1. The fourth-order valence-corrected chi connectivity index (χ4v) is 4.65. The summed E-state index contributed by atoms with van der Waals surface area (Å²) in [7, 11) is 0. The molecule has 2 heterocycles. The molecule has 2 nitrogen and oxygen atoms in total. The van der Waals surface area contributed by atoms with E-state index in [4.69, 9.17) is 0 Å². The van der Waals surface area contributed by atoms with Crippen LogP contribution in [0.3, 0.4) is 0 Å². The highest BCUT2D eigenvalue weighted by Crippen LogP contribution is 2.39. The number of hydrogen-bond acceptors (Lipinski definition) is 3. The number of nitrogens with zero attached hydrogens (tertiary/aromatic N) is 1. The van der Waals surface area contributed by atoms with Crippen molar-refractivity contribution in [1.82, 2.24) is 4.98 Å². The van der Waals surface area contributed by atoms with Crippen LogP contribution in [0.4, 0.5) is 4.39 Å². The number of thiophene rings is 1. The molecular weight excluding hydrogens is 381 g/mol. The van der Waals surface area contributed by atoms with Crippen molar-refractivity contribution in [2.75, 3.05) is 0 Å². The summed E-state index contributed by atoms with van der Waals surface area (Å²) < 4.78 is 16.5. The largest absolute Gasteiger partial charge is 0.507 e. The molecule has 0 unspecified atom stereocenters. The lowest BCUT2D eigenvalue weighted by molar-refractivity contribution is 0.411. The molecule has 0 amide bonds. The van der Waals surface area contributed by atoms with Crippen molar-refractivity contribution in [3.8, 4) is 28.1 Å². The number of fused-ring (bicyclic) bond motifs is 1. The molecule has 0 atom stereocenters. The summed E-state index contributed by atoms with van der Waals surface area (Å²) in [6.07, 6.45) is 2.62. The summed E-state index contributed by atoms with van der Waals surface area (Å²) in [5.41, 5.74) is 3.20. The van der Waals surface area contributed by atoms with Gasteiger partial charge >= 0.3 is 0 Å². The Morgan fingerprint density at radius 2 is 1.76 bits per heavy atom. The molecule has 0 radical (unpaired) electrons. The summed E-state index contributed by atoms with van der Waals surface area (Å²) >= 11 is 1.62. The van der Waals surface area contributed by atoms with Gasteiger partial charge in [0.1, 0.15) is 11.6 Å². The summed E-state index contributed by atoms with van der Waals surface area (Å²) in [6.45, 7) is 8.57. The minimum Gasteiger partial charge on any atom is -0.507 e. The Balaban J connectivity index is 1.81. The Hall–Kier alpha value is -2.72. The maximum Gasteiger partial charge on any atom is 0.140 e. The zero-order valence-corrected chi connectivity index (χ0v) is 17.9. The van der Waals surface area contributed by atoms with Gasteiger partial charge < -0.3 is 5.11 Å². The van der Waals surface area contributed by atoms with E-state index in [1.807, 2.05) is 31.2 Å². The average Bonchev–Trinajstić information content (AvgIpc) is 2.99. The van der Waals surface area contributed by atoms with Crippen LogP contribution in [0.15, 0.2) is 54.7 Å². The Kier molecular flexibility index (Phi) is 4.91. The first-order valence-corrected chi connectivity index (χ1v) is 10.5. The van der Waals surface area contributed by atoms with E-state index in [-0.39, 0.29) is 17.0 Å². The standard InChI is InChI=1S/C25H24FNOS/c1-15-10-17-12-20(22(28)13-23(17)29-15)18-6-5-7-19(24(18)26)21-11-16(8-9-27-21)14-25(2,3)4/h5-13,28H,14H2,1-4H3. The van der Waals surface area contributed by atoms with E-state index in [1.165, 1.54) is 0 Å². The van der Waals surface area contributed by atoms with E-state index in [0.717, 1.165) is 26.9 Å². The third kappa shape index (κ3) is 4.03. The molecule has 0 aliphatic carbocycles. The van der Waals surface area contributed by atoms with Crippen LogP contribution >= 0.6 is 11.3 Å². The van der Waals surface area contributed by atoms with Crippen LogP contribution in [0.1, 0.15) is 31.2 Å². The van der Waals surface area contributed by atoms with Gasteiger partial charge in [0.05, 0.1) is 5.69 Å². The minimum absolute atomic E-state index is 0.0878. The summed E-state index contributed by atoms with van der Waals surface area (Å²) in [6, 6.07) is 14.8. The lowest BCUT2D eigenvalue weighted by Crippen LogP contribution is -2.09. The minimum atomic E-state index is -0.366. The highest BCUT2D eigenvalue weighted by molar-refractivity contribution is 7.19. The Morgan fingerprint density at radius 1 is 1.00 bits per heavy atom. The Morgan fingerprint density at radius 3 is 2.52 bits per heavy atom. The molecule has 1 N–H and O–H groups in total. The molecule has 4 heteroatoms. The van der Waals surface area contributed by atoms with Crippen molar-refractivity contribution >= 4 is 21.4 Å². The molecule has 0 spiro atoms. The number of aryl methyl sites for hydroxylation is 1. The van der Waals surface area contributed by atoms with Crippen LogP contribution < -0.4 is 0 Å². The quantitative estimate of drug-likeness (QED) is 0.386. The fourth-order valence-electron chi connectivity index (χ4n) is 3.71. The first kappa shape index (κ1) is 19.6. The highest BCUT2D eigenvalue weighted by Gasteiger charge is 2.18. The van der Waals surface area contributed by atoms with Gasteiger partial charge in [-0.25, -0.2) is 4.39 Å². The molecular formula is C25H24FNOS. The second kappa shape index (κ2) is 7.27. The van der Waals surface area contributed by atoms with Gasteiger partial charge in [-0.3, -0.25) is 4.98 Å². The zero-order valence-electron chi connectivity index (χ0n) is 17.1. The van der Waals surface area contributed by atoms with Crippen LogP contribution in [-0.4, -0.2) is 10.1 Å². The number of phenolic OH excluding ortho intramolecular Hbond substituents is 1. The molecule has 148 valence electrons. The van der Waals surface area contributed by atoms with E-state index in [2.05, 4.69) is 31.8 Å². The first-order chi connectivity index (χ1) is 13.7. The van der Waals surface area contributed by atoms with Crippen molar-refractivity contribution < 1.29 is 9.50 Å². The van der Waals surface area contributed by atoms with Crippen molar-refractivity contribution in [2.24, 2.45) is 5.41 Å². The smallest absolute Gasteiger partial charge is 0.140 e. The lowest BCUT2D eigenvalue weighted by atomic mass is 9.88. The average molecular weight is 406 g/mol. The van der Waals surface area contributed by atoms with E-state index >= 15 is 4.39 Å². The maximum atomic E-state index is 15.6. The lowest BCUT2D eigenvalue weighted by Gasteiger charge is -2.18. The number of aromatic hydroxyl groups is 1. The van der Waals surface area contributed by atoms with Crippen molar-refractivity contribution in [3.63, 3.8) is 0 Å². The van der Waals surface area contributed by atoms with Crippen molar-refractivity contribution in [1.29, 1.82) is 0 Å². The molecule has 2 aromatic heterocycles. The normalized spacial score (nSPS) is 11.9. The number of phenols is 1. The number of halogens is 1. The van der Waals surface area contributed by atoms with E-state index < -0.39 is 0 Å². The number of hydrogen-bond donors (Lipinski definition) is 1. The third-order valence-corrected chi connectivity index (χ3v) is 5.89. The molecule has 0 bridgehead atoms. The predicted molar refractivity (Wildman–Crippen MR) is 120 cm³/mol. The number of benzene rings is 2. The molecule has 4 rings (SSSR count). The SMILES string of the molecule is Cc1cc2cc(-c3cccc(-c4cc(CC(C)(C)C)ccn4)c3F)c(O)cc2s1. The number of rotatable bonds is 3.